The number of hydrogen-bond donors (Lipinski definition) is 2. The van der Waals surface area contributed by atoms with Crippen molar-refractivity contribution >= 4 is 11.8 Å². The van der Waals surface area contributed by atoms with E-state index in [1.165, 1.54) is 12.2 Å². The maximum Gasteiger partial charge on any atom is 0.253 e. The van der Waals surface area contributed by atoms with E-state index >= 15 is 0 Å². The Balaban J connectivity index is 2.75. The molecule has 2 atom stereocenters. The molecule has 0 spiro atoms. The van der Waals surface area contributed by atoms with Crippen LogP contribution in [0.5, 0.6) is 0 Å². The van der Waals surface area contributed by atoms with Gasteiger partial charge in [0.05, 0.1) is 13.2 Å². The van der Waals surface area contributed by atoms with E-state index in [9.17, 15) is 9.59 Å². The van der Waals surface area contributed by atoms with Crippen LogP contribution in [0.2, 0.25) is 0 Å². The van der Waals surface area contributed by atoms with E-state index in [0.717, 1.165) is 4.90 Å². The smallest absolute Gasteiger partial charge is 0.253 e. The van der Waals surface area contributed by atoms with Gasteiger partial charge in [0.15, 0.2) is 0 Å². The highest BCUT2D eigenvalue weighted by Gasteiger charge is 2.35. The second-order valence-electron chi connectivity index (χ2n) is 6.31. The molecular weight excluding hydrogens is 274 g/mol. The first-order valence-corrected chi connectivity index (χ1v) is 6.86. The van der Waals surface area contributed by atoms with Crippen molar-refractivity contribution < 1.29 is 19.1 Å². The van der Waals surface area contributed by atoms with Crippen molar-refractivity contribution in [3.05, 3.63) is 12.2 Å². The third-order valence-electron chi connectivity index (χ3n) is 2.93. The third-order valence-corrected chi connectivity index (χ3v) is 2.93. The van der Waals surface area contributed by atoms with Gasteiger partial charge in [-0.15, -0.1) is 0 Å². The first-order chi connectivity index (χ1) is 9.52. The fraction of sp³-hybridized carbons (Fsp3) is 0.714. The van der Waals surface area contributed by atoms with E-state index in [1.54, 1.807) is 20.8 Å². The van der Waals surface area contributed by atoms with Crippen molar-refractivity contribution in [1.29, 1.82) is 0 Å². The highest BCUT2D eigenvalue weighted by atomic mass is 16.5. The van der Waals surface area contributed by atoms with Crippen LogP contribution in [0.15, 0.2) is 12.2 Å². The Bertz CT molecular complexity index is 410. The van der Waals surface area contributed by atoms with Crippen LogP contribution in [-0.2, 0) is 19.1 Å². The lowest BCUT2D eigenvalue weighted by molar-refractivity contribution is -0.142. The van der Waals surface area contributed by atoms with Gasteiger partial charge in [0.2, 0.25) is 0 Å². The summed E-state index contributed by atoms with van der Waals surface area (Å²) in [5, 5.41) is 0. The monoisotopic (exact) mass is 299 g/mol. The molecule has 0 radical (unpaired) electrons. The van der Waals surface area contributed by atoms with Crippen molar-refractivity contribution in [2.24, 2.45) is 16.9 Å². The molecule has 0 fully saturated rings. The van der Waals surface area contributed by atoms with Crippen molar-refractivity contribution in [3.8, 4) is 0 Å². The Kier molecular flexibility index (Phi) is 5.63. The average molecular weight is 299 g/mol. The van der Waals surface area contributed by atoms with Gasteiger partial charge in [-0.25, -0.2) is 0 Å². The maximum absolute atomic E-state index is 11.7. The summed E-state index contributed by atoms with van der Waals surface area (Å²) in [6.45, 7) is 7.70. The van der Waals surface area contributed by atoms with E-state index in [0.29, 0.717) is 0 Å². The number of imide groups is 1. The Hall–Kier alpha value is -1.28. The fourth-order valence-corrected chi connectivity index (χ4v) is 1.79. The second kappa shape index (κ2) is 6.65. The van der Waals surface area contributed by atoms with Gasteiger partial charge in [-0.2, -0.15) is 0 Å². The van der Waals surface area contributed by atoms with E-state index in [1.807, 2.05) is 6.92 Å². The Morgan fingerprint density at radius 3 is 2.14 bits per heavy atom. The number of rotatable bonds is 8. The van der Waals surface area contributed by atoms with Gasteiger partial charge in [-0.3, -0.25) is 14.5 Å². The first-order valence-electron chi connectivity index (χ1n) is 6.86. The number of nitrogens with zero attached hydrogens (tertiary/aromatic N) is 1. The van der Waals surface area contributed by atoms with Crippen LogP contribution in [0.3, 0.4) is 0 Å². The quantitative estimate of drug-likeness (QED) is 0.480. The molecule has 120 valence electrons. The zero-order valence-corrected chi connectivity index (χ0v) is 13.1. The topological polar surface area (TPSA) is 108 Å². The lowest BCUT2D eigenvalue weighted by atomic mass is 9.91. The molecule has 21 heavy (non-hydrogen) atoms. The lowest BCUT2D eigenvalue weighted by Gasteiger charge is -2.35. The zero-order valence-electron chi connectivity index (χ0n) is 13.1. The predicted octanol–water partition coefficient (Wildman–Crippen LogP) is -0.0496. The molecule has 1 heterocycles. The van der Waals surface area contributed by atoms with E-state index in [2.05, 4.69) is 0 Å². The molecule has 0 aliphatic carbocycles. The molecule has 0 aromatic carbocycles. The summed E-state index contributed by atoms with van der Waals surface area (Å²) < 4.78 is 11.0. The Morgan fingerprint density at radius 2 is 1.71 bits per heavy atom. The van der Waals surface area contributed by atoms with Gasteiger partial charge in [-0.1, -0.05) is 6.92 Å². The molecule has 0 aromatic rings. The largest absolute Gasteiger partial charge is 0.363 e. The number of carbonyl (C=O) groups is 2. The number of amides is 2. The number of hydrogen-bond acceptors (Lipinski definition) is 6. The van der Waals surface area contributed by atoms with E-state index in [4.69, 9.17) is 20.9 Å². The second-order valence-corrected chi connectivity index (χ2v) is 6.31. The standard InChI is InChI=1S/C14H25N3O4/c1-10(15)20-8-14(4,9-21-13(2,3)16)7-17-11(18)5-6-12(17)19/h5-6,10H,7-9,15-16H2,1-4H3. The molecule has 2 amide bonds. The van der Waals surface area contributed by atoms with Gasteiger partial charge in [0.1, 0.15) is 12.0 Å². The molecule has 0 saturated heterocycles. The predicted molar refractivity (Wildman–Crippen MR) is 77.8 cm³/mol. The first kappa shape index (κ1) is 17.8. The summed E-state index contributed by atoms with van der Waals surface area (Å²) in [6, 6.07) is 0. The van der Waals surface area contributed by atoms with E-state index < -0.39 is 17.4 Å². The number of ether oxygens (including phenoxy) is 2. The molecule has 1 aliphatic heterocycles. The minimum Gasteiger partial charge on any atom is -0.363 e. The fourth-order valence-electron chi connectivity index (χ4n) is 1.79. The summed E-state index contributed by atoms with van der Waals surface area (Å²) in [7, 11) is 0. The van der Waals surface area contributed by atoms with Crippen LogP contribution in [0.25, 0.3) is 0 Å². The minimum absolute atomic E-state index is 0.181. The minimum atomic E-state index is -0.813. The normalized spacial score (nSPS) is 20.0. The summed E-state index contributed by atoms with van der Waals surface area (Å²) in [5.74, 6) is -0.668. The molecule has 0 aromatic heterocycles. The van der Waals surface area contributed by atoms with Crippen molar-refractivity contribution in [2.45, 2.75) is 39.6 Å². The van der Waals surface area contributed by atoms with Crippen LogP contribution in [0.1, 0.15) is 27.7 Å². The molecule has 1 aliphatic rings. The zero-order chi connectivity index (χ0) is 16.3. The van der Waals surface area contributed by atoms with Gasteiger partial charge in [-0.05, 0) is 20.8 Å². The van der Waals surface area contributed by atoms with Crippen LogP contribution in [-0.4, -0.2) is 48.4 Å². The average Bonchev–Trinajstić information content (AvgIpc) is 2.65. The Morgan fingerprint density at radius 1 is 1.19 bits per heavy atom. The van der Waals surface area contributed by atoms with Crippen LogP contribution >= 0.6 is 0 Å². The molecule has 4 N–H and O–H groups in total. The summed E-state index contributed by atoms with van der Waals surface area (Å²) in [5.41, 5.74) is 10.0. The molecule has 7 heteroatoms. The maximum atomic E-state index is 11.7. The lowest BCUT2D eigenvalue weighted by Crippen LogP contribution is -2.48. The molecule has 0 saturated carbocycles. The molecule has 7 nitrogen and oxygen atoms in total. The van der Waals surface area contributed by atoms with Crippen LogP contribution in [0.4, 0.5) is 0 Å². The van der Waals surface area contributed by atoms with Crippen molar-refractivity contribution in [1.82, 2.24) is 4.90 Å². The van der Waals surface area contributed by atoms with Crippen molar-refractivity contribution in [3.63, 3.8) is 0 Å². The van der Waals surface area contributed by atoms with Gasteiger partial charge >= 0.3 is 0 Å². The van der Waals surface area contributed by atoms with Gasteiger partial charge in [0, 0.05) is 24.1 Å². The number of carbonyl (C=O) groups excluding carboxylic acids is 2. The van der Waals surface area contributed by atoms with Gasteiger partial charge in [0.25, 0.3) is 11.8 Å². The number of nitrogens with two attached hydrogens (primary N) is 2. The molecule has 0 bridgehead atoms. The van der Waals surface area contributed by atoms with Crippen molar-refractivity contribution in [2.75, 3.05) is 19.8 Å². The third kappa shape index (κ3) is 5.92. The summed E-state index contributed by atoms with van der Waals surface area (Å²) in [4.78, 5) is 24.5. The van der Waals surface area contributed by atoms with Gasteiger partial charge < -0.3 is 20.9 Å². The summed E-state index contributed by atoms with van der Waals surface area (Å²) >= 11 is 0. The molecule has 2 unspecified atom stereocenters. The molecular formula is C14H25N3O4. The highest BCUT2D eigenvalue weighted by molar-refractivity contribution is 6.12. The summed E-state index contributed by atoms with van der Waals surface area (Å²) in [6.07, 6.45) is 2.06. The van der Waals surface area contributed by atoms with Crippen LogP contribution < -0.4 is 11.5 Å². The van der Waals surface area contributed by atoms with Crippen LogP contribution in [0, 0.1) is 5.41 Å². The van der Waals surface area contributed by atoms with E-state index in [-0.39, 0.29) is 31.6 Å². The SMILES string of the molecule is CC(N)OCC(C)(COC(C)(C)N)CN1C(=O)C=CC1=O. The Labute approximate surface area is 125 Å². The molecule has 1 rings (SSSR count). The highest BCUT2D eigenvalue weighted by Crippen LogP contribution is 2.23.